The molecule has 0 N–H and O–H groups in total. The van der Waals surface area contributed by atoms with Gasteiger partial charge < -0.3 is 28.4 Å². The van der Waals surface area contributed by atoms with Gasteiger partial charge in [0.15, 0.2) is 0 Å². The number of hydrogen-bond donors (Lipinski definition) is 0. The van der Waals surface area contributed by atoms with Crippen molar-refractivity contribution < 1.29 is 28.4 Å². The van der Waals surface area contributed by atoms with Crippen molar-refractivity contribution in [3.8, 4) is 0 Å². The minimum Gasteiger partial charge on any atom is -0.379 e. The van der Waals surface area contributed by atoms with Crippen molar-refractivity contribution >= 4 is 0 Å². The summed E-state index contributed by atoms with van der Waals surface area (Å²) in [7, 11) is 0. The average molecular weight is 588 g/mol. The highest BCUT2D eigenvalue weighted by Crippen LogP contribution is 2.11. The quantitative estimate of drug-likeness (QED) is 0.0313. The van der Waals surface area contributed by atoms with Gasteiger partial charge in [-0.25, -0.2) is 0 Å². The molecular weight excluding hydrogens is 522 g/mol. The number of unbranched alkanes of at least 4 members (excludes halogenated alkanes) is 16. The molecule has 0 saturated carbocycles. The summed E-state index contributed by atoms with van der Waals surface area (Å²) in [5.41, 5.74) is 8.23. The highest BCUT2D eigenvalue weighted by atomic mass is 16.6. The molecule has 0 fully saturated rings. The minimum absolute atomic E-state index is 0.570. The molecular formula is C32H65N3O6. The summed E-state index contributed by atoms with van der Waals surface area (Å²) in [5, 5.41) is 3.56. The Kier molecular flexibility index (Phi) is 38.2. The monoisotopic (exact) mass is 587 g/mol. The van der Waals surface area contributed by atoms with E-state index in [0.29, 0.717) is 72.6 Å². The zero-order chi connectivity index (χ0) is 29.6. The van der Waals surface area contributed by atoms with E-state index in [1.807, 2.05) is 0 Å². The van der Waals surface area contributed by atoms with Crippen LogP contribution in [0.5, 0.6) is 0 Å². The van der Waals surface area contributed by atoms with Crippen LogP contribution in [0.3, 0.4) is 0 Å². The lowest BCUT2D eigenvalue weighted by Crippen LogP contribution is -2.14. The summed E-state index contributed by atoms with van der Waals surface area (Å²) in [6.45, 7) is 10.6. The Morgan fingerprint density at radius 1 is 0.366 bits per heavy atom. The molecule has 0 saturated heterocycles. The third-order valence-corrected chi connectivity index (χ3v) is 6.86. The van der Waals surface area contributed by atoms with Gasteiger partial charge in [-0.3, -0.25) is 0 Å². The fourth-order valence-corrected chi connectivity index (χ4v) is 4.39. The van der Waals surface area contributed by atoms with Crippen molar-refractivity contribution in [1.82, 2.24) is 0 Å². The second-order valence-corrected chi connectivity index (χ2v) is 10.6. The second kappa shape index (κ2) is 39.1. The maximum atomic E-state index is 8.23. The van der Waals surface area contributed by atoms with E-state index in [1.54, 1.807) is 0 Å². The molecule has 0 atom stereocenters. The molecule has 0 aliphatic heterocycles. The molecule has 0 spiro atoms. The van der Waals surface area contributed by atoms with Gasteiger partial charge in [0.05, 0.1) is 66.1 Å². The van der Waals surface area contributed by atoms with Crippen LogP contribution in [-0.2, 0) is 28.4 Å². The van der Waals surface area contributed by atoms with Crippen molar-refractivity contribution in [2.45, 2.75) is 122 Å². The van der Waals surface area contributed by atoms with Crippen LogP contribution in [0.25, 0.3) is 10.4 Å². The summed E-state index contributed by atoms with van der Waals surface area (Å²) in [6.07, 6.45) is 23.0. The van der Waals surface area contributed by atoms with E-state index in [9.17, 15) is 0 Å². The lowest BCUT2D eigenvalue weighted by molar-refractivity contribution is -0.0169. The molecule has 0 aliphatic carbocycles. The van der Waals surface area contributed by atoms with Crippen LogP contribution in [0.4, 0.5) is 0 Å². The molecule has 0 aromatic heterocycles. The molecule has 0 rings (SSSR count). The fourth-order valence-electron chi connectivity index (χ4n) is 4.39. The Balaban J connectivity index is 3.03. The van der Waals surface area contributed by atoms with E-state index in [4.69, 9.17) is 34.0 Å². The zero-order valence-corrected chi connectivity index (χ0v) is 26.7. The molecule has 0 unspecified atom stereocenters. The largest absolute Gasteiger partial charge is 0.379 e. The summed E-state index contributed by atoms with van der Waals surface area (Å²) in [4.78, 5) is 2.78. The highest BCUT2D eigenvalue weighted by molar-refractivity contribution is 4.51. The molecule has 41 heavy (non-hydrogen) atoms. The number of nitrogens with zero attached hydrogens (tertiary/aromatic N) is 3. The van der Waals surface area contributed by atoms with Gasteiger partial charge in [-0.1, -0.05) is 108 Å². The number of hydrogen-bond acceptors (Lipinski definition) is 7. The first kappa shape index (κ1) is 40.1. The smallest absolute Gasteiger partial charge is 0.0701 e. The molecule has 0 aliphatic rings. The Morgan fingerprint density at radius 2 is 0.634 bits per heavy atom. The fraction of sp³-hybridized carbons (Fsp3) is 1.00. The number of ether oxygens (including phenoxy) is 6. The van der Waals surface area contributed by atoms with Gasteiger partial charge in [0.25, 0.3) is 0 Å². The molecule has 0 aromatic rings. The zero-order valence-electron chi connectivity index (χ0n) is 26.7. The minimum atomic E-state index is 0.570. The topological polar surface area (TPSA) is 104 Å². The predicted octanol–water partition coefficient (Wildman–Crippen LogP) is 8.44. The number of rotatable bonds is 37. The standard InChI is InChI=1S/C32H65N3O6/c1-2-3-4-5-6-12-15-18-21-36-23-25-38-27-29-40-31-32-41-30-28-39-26-24-37-22-19-16-13-10-8-7-9-11-14-17-20-34-35-33/h2-32H2,1H3. The van der Waals surface area contributed by atoms with Crippen LogP contribution >= 0.6 is 0 Å². The summed E-state index contributed by atoms with van der Waals surface area (Å²) < 4.78 is 33.4. The van der Waals surface area contributed by atoms with Crippen LogP contribution in [0.15, 0.2) is 5.11 Å². The molecule has 9 nitrogen and oxygen atoms in total. The number of azide groups is 1. The van der Waals surface area contributed by atoms with E-state index in [-0.39, 0.29) is 0 Å². The van der Waals surface area contributed by atoms with Crippen LogP contribution in [0.1, 0.15) is 122 Å². The molecule has 0 bridgehead atoms. The van der Waals surface area contributed by atoms with Crippen molar-refractivity contribution in [2.24, 2.45) is 5.11 Å². The third-order valence-electron chi connectivity index (χ3n) is 6.86. The summed E-state index contributed by atoms with van der Waals surface area (Å²) >= 11 is 0. The van der Waals surface area contributed by atoms with Gasteiger partial charge in [0.1, 0.15) is 0 Å². The van der Waals surface area contributed by atoms with Gasteiger partial charge in [0.2, 0.25) is 0 Å². The molecule has 244 valence electrons. The van der Waals surface area contributed by atoms with Crippen molar-refractivity contribution in [3.05, 3.63) is 10.4 Å². The second-order valence-electron chi connectivity index (χ2n) is 10.6. The SMILES string of the molecule is CCCCCCCCCCOCCOCCOCCOCCOCCOCCCCCCCCCCCCN=[N+]=[N-]. The summed E-state index contributed by atoms with van der Waals surface area (Å²) in [6, 6.07) is 0. The van der Waals surface area contributed by atoms with Gasteiger partial charge in [-0.05, 0) is 24.8 Å². The van der Waals surface area contributed by atoms with Crippen LogP contribution < -0.4 is 0 Å². The Labute approximate surface area is 252 Å². The lowest BCUT2D eigenvalue weighted by atomic mass is 10.1. The Hall–Kier alpha value is -0.930. The van der Waals surface area contributed by atoms with Crippen molar-refractivity contribution in [2.75, 3.05) is 85.8 Å². The Bertz CT molecular complexity index is 524. The molecule has 0 amide bonds. The molecule has 0 aromatic carbocycles. The lowest BCUT2D eigenvalue weighted by Gasteiger charge is -2.08. The van der Waals surface area contributed by atoms with E-state index < -0.39 is 0 Å². The predicted molar refractivity (Wildman–Crippen MR) is 168 cm³/mol. The van der Waals surface area contributed by atoms with E-state index >= 15 is 0 Å². The maximum absolute atomic E-state index is 8.23. The Morgan fingerprint density at radius 3 is 0.951 bits per heavy atom. The van der Waals surface area contributed by atoms with Crippen LogP contribution in [0, 0.1) is 0 Å². The first-order valence-electron chi connectivity index (χ1n) is 16.9. The molecule has 0 radical (unpaired) electrons. The third kappa shape index (κ3) is 39.1. The first-order chi connectivity index (χ1) is 20.4. The van der Waals surface area contributed by atoms with Gasteiger partial charge in [-0.15, -0.1) is 0 Å². The van der Waals surface area contributed by atoms with Gasteiger partial charge in [-0.2, -0.15) is 0 Å². The average Bonchev–Trinajstić information content (AvgIpc) is 2.98. The highest BCUT2D eigenvalue weighted by Gasteiger charge is 1.97. The van der Waals surface area contributed by atoms with E-state index in [2.05, 4.69) is 16.9 Å². The molecule has 0 heterocycles. The van der Waals surface area contributed by atoms with Gasteiger partial charge in [0, 0.05) is 24.7 Å². The van der Waals surface area contributed by atoms with E-state index in [0.717, 1.165) is 32.5 Å². The molecule has 9 heteroatoms. The van der Waals surface area contributed by atoms with Crippen LogP contribution in [-0.4, -0.2) is 85.8 Å². The normalized spacial score (nSPS) is 11.2. The van der Waals surface area contributed by atoms with Crippen molar-refractivity contribution in [3.63, 3.8) is 0 Å². The van der Waals surface area contributed by atoms with Crippen molar-refractivity contribution in [1.29, 1.82) is 0 Å². The summed E-state index contributed by atoms with van der Waals surface area (Å²) in [5.74, 6) is 0. The van der Waals surface area contributed by atoms with E-state index in [1.165, 1.54) is 96.3 Å². The van der Waals surface area contributed by atoms with Crippen LogP contribution in [0.2, 0.25) is 0 Å². The maximum Gasteiger partial charge on any atom is 0.0701 e. The van der Waals surface area contributed by atoms with Gasteiger partial charge >= 0.3 is 0 Å². The first-order valence-corrected chi connectivity index (χ1v) is 16.9.